The molecule has 10 heterocycles. The molecule has 7 aromatic carbocycles. The van der Waals surface area contributed by atoms with Crippen molar-refractivity contribution in [3.63, 3.8) is 0 Å². The fourth-order valence-electron chi connectivity index (χ4n) is 13.9. The molecule has 14 aromatic rings. The number of hydrogen-bond acceptors (Lipinski definition) is 25. The number of nitrogens with one attached hydrogen (secondary N) is 6. The van der Waals surface area contributed by atoms with Gasteiger partial charge in [-0.2, -0.15) is 13.2 Å². The molecule has 0 radical (unpaired) electrons. The van der Waals surface area contributed by atoms with Gasteiger partial charge in [0.2, 0.25) is 5.91 Å². The molecule has 4 amide bonds. The molecular weight excluding hydrogens is 1810 g/mol. The zero-order valence-corrected chi connectivity index (χ0v) is 76.5. The topological polar surface area (TPSA) is 394 Å². The quantitative estimate of drug-likeness (QED) is 0.0236. The molecule has 12 N–H and O–H groups in total. The van der Waals surface area contributed by atoms with Crippen LogP contribution in [0.1, 0.15) is 110 Å². The van der Waals surface area contributed by atoms with Crippen molar-refractivity contribution in [2.24, 2.45) is 16.6 Å². The number of benzene rings is 7. The van der Waals surface area contributed by atoms with Crippen molar-refractivity contribution in [3.05, 3.63) is 273 Å². The van der Waals surface area contributed by atoms with Crippen molar-refractivity contribution in [1.29, 1.82) is 0 Å². The van der Waals surface area contributed by atoms with Gasteiger partial charge >= 0.3 is 12.1 Å². The van der Waals surface area contributed by atoms with E-state index in [4.69, 9.17) is 72.4 Å². The van der Waals surface area contributed by atoms with Gasteiger partial charge in [0.1, 0.15) is 50.8 Å². The van der Waals surface area contributed by atoms with E-state index in [1.54, 1.807) is 17.4 Å². The zero-order chi connectivity index (χ0) is 92.8. The second kappa shape index (κ2) is 42.5. The number of imide groups is 1. The molecule has 0 saturated carbocycles. The minimum absolute atomic E-state index is 0.00955. The minimum atomic E-state index is -4.72. The molecule has 29 nitrogen and oxygen atoms in total. The number of aliphatic hydroxyl groups is 1. The Morgan fingerprint density at radius 1 is 0.823 bits per heavy atom. The van der Waals surface area contributed by atoms with Gasteiger partial charge in [0, 0.05) is 105 Å². The molecule has 7 aromatic heterocycles. The number of nitrogen functional groups attached to an aromatic ring is 1. The number of carbonyl (C=O) groups excluding carboxylic acids is 4. The van der Waals surface area contributed by atoms with Crippen molar-refractivity contribution < 1.29 is 56.8 Å². The van der Waals surface area contributed by atoms with E-state index in [9.17, 15) is 42.3 Å². The number of aliphatic imine (C=N–C) groups is 1. The zero-order valence-electron chi connectivity index (χ0n) is 71.0. The number of piperazine rings is 1. The average molecular weight is 1900 g/mol. The third-order valence-corrected chi connectivity index (χ3v) is 25.4. The Balaban J connectivity index is 0.000000141. The van der Waals surface area contributed by atoms with Crippen molar-refractivity contribution in [3.8, 4) is 33.5 Å². The summed E-state index contributed by atoms with van der Waals surface area (Å²) in [6.07, 6.45) is 1.71. The molecule has 0 unspecified atom stereocenters. The molecule has 0 bridgehead atoms. The molecule has 2 fully saturated rings. The maximum atomic E-state index is 13.3. The standard InChI is InChI=1S/C22H26ClN7O2S.C22H25N5O.C19H17ClN4O2S.C19H11F3N2O4S.C9H7ClN2S/c1-14-4-3-5-16(23)20(14)28-21(32)17-13-24-22(33-17)27-18-12-19(26-15(2)25-18)30-8-6-29(7-9-30)10-11-31;1-3-13(2)21(23)22(28)25-15-8-9-18-19(11-15)27-20(26-18)10-14-12-24-17-7-5-4-6-16(14)17;1-9-10(2)27-19-16(9)17(12-4-6-13(20)7-5-12)21-14(8-15(25)26)18-23-22-11(3)24(18)19;1-23-11-4-6-13(12(9-11)19(20,21)22)28-14-5-3-10(7-15(14)27-2)8-16-17(25)24-18(26)29-16;10-7-4-2-1-3-6(7)8-5-13-9(11)12-8/h3-5,12-13,31H,6-11H2,1-2H3,(H,28,32)(H,24,25,26,27);4-9,11-13,21,24H,3,10,23H2,1-2H3,(H,25,28)(H,26,27);4-7,14H,8H2,1-3H3,(H,25,26);3-9H,2H3,(H,24,25,26);1-5H,(H2,11,12)/b;;;16-8-;/t;13-,21-;14-;;/m.00../s1. The van der Waals surface area contributed by atoms with E-state index in [0.717, 1.165) is 134 Å². The van der Waals surface area contributed by atoms with E-state index >= 15 is 0 Å². The van der Waals surface area contributed by atoms with Gasteiger partial charge in [0.25, 0.3) is 17.1 Å². The summed E-state index contributed by atoms with van der Waals surface area (Å²) in [7, 11) is 1.31. The number of carboxylic acids is 1. The molecule has 670 valence electrons. The lowest BCUT2D eigenvalue weighted by Crippen LogP contribution is -2.47. The van der Waals surface area contributed by atoms with Crippen LogP contribution in [0.3, 0.4) is 0 Å². The smallest absolute Gasteiger partial charge is 0.418 e. The number of hydrogen-bond donors (Lipinski definition) is 10. The number of aromatic amines is 2. The third-order valence-electron chi connectivity index (χ3n) is 20.9. The number of nitrogens with two attached hydrogens (primary N) is 2. The number of aliphatic hydroxyl groups excluding tert-OH is 1. The number of halogens is 6. The first-order valence-corrected chi connectivity index (χ1v) is 44.9. The van der Waals surface area contributed by atoms with Gasteiger partial charge in [-0.25, -0.2) is 29.8 Å². The number of rotatable bonds is 21. The number of carboxylic acid groups (broad SMARTS) is 1. The lowest BCUT2D eigenvalue weighted by molar-refractivity contribution is -0.139. The van der Waals surface area contributed by atoms with E-state index in [1.807, 2.05) is 148 Å². The average Bonchev–Trinajstić information content (AvgIpc) is 1.59. The number of β-amino-alcohol motifs (C(OH)–C–C–N with tert-alkyl or cyclic N) is 1. The number of carbonyl (C=O) groups is 5. The normalized spacial score (nSPS) is 14.3. The van der Waals surface area contributed by atoms with E-state index in [0.29, 0.717) is 78.0 Å². The summed E-state index contributed by atoms with van der Waals surface area (Å²) in [5.74, 6) is 2.18. The molecular formula is C91H86Cl3F3N20O9S4. The van der Waals surface area contributed by atoms with E-state index < -0.39 is 46.7 Å². The highest BCUT2D eigenvalue weighted by atomic mass is 35.5. The number of imidazole rings is 1. The monoisotopic (exact) mass is 1890 g/mol. The van der Waals surface area contributed by atoms with Crippen LogP contribution in [-0.4, -0.2) is 152 Å². The van der Waals surface area contributed by atoms with Gasteiger partial charge < -0.3 is 62.0 Å². The number of alkyl halides is 3. The molecule has 2 saturated heterocycles. The van der Waals surface area contributed by atoms with Gasteiger partial charge in [-0.1, -0.05) is 139 Å². The highest BCUT2D eigenvalue weighted by Crippen LogP contribution is 2.45. The molecule has 39 heteroatoms. The Kier molecular flexibility index (Phi) is 31.0. The van der Waals surface area contributed by atoms with E-state index in [-0.39, 0.29) is 52.9 Å². The second-order valence-electron chi connectivity index (χ2n) is 29.8. The first-order chi connectivity index (χ1) is 62.3. The van der Waals surface area contributed by atoms with Crippen LogP contribution in [0.5, 0.6) is 17.2 Å². The highest BCUT2D eigenvalue weighted by molar-refractivity contribution is 8.18. The third kappa shape index (κ3) is 23.4. The van der Waals surface area contributed by atoms with Crippen LogP contribution >= 0.6 is 80.6 Å². The number of fused-ring (bicyclic) bond motifs is 5. The maximum Gasteiger partial charge on any atom is 0.418 e. The maximum absolute atomic E-state index is 13.3. The predicted molar refractivity (Wildman–Crippen MR) is 508 cm³/mol. The fourth-order valence-corrected chi connectivity index (χ4v) is 17.7. The van der Waals surface area contributed by atoms with Gasteiger partial charge in [-0.15, -0.1) is 32.9 Å². The van der Waals surface area contributed by atoms with Crippen molar-refractivity contribution in [2.45, 2.75) is 86.0 Å². The summed E-state index contributed by atoms with van der Waals surface area (Å²) >= 11 is 23.3. The Bertz CT molecular complexity index is 6620. The Hall–Kier alpha value is -12.9. The second-order valence-corrected chi connectivity index (χ2v) is 35.2. The highest BCUT2D eigenvalue weighted by Gasteiger charge is 2.37. The SMILES string of the molecule is CC[C@H](C)[C@H](N)C(=O)Nc1ccc2nc(Cc3c[nH]c4ccccc34)[nH]c2c1.Cc1nc(Nc2ncc(C(=O)Nc3c(C)cccc3Cl)s2)cc(N2CCN(CCO)CC2)n1.Cc1sc2c(c1C)C(c1ccc(Cl)cc1)=N[C@@H](CC(=O)O)c1nnc(C)n1-2.Nc1nc(-c2ccccc2Cl)cs1.[C-]#[N+]c1ccc(Oc2ccc(/C=C3\SC(=O)NC3=O)cc2OC)c(C(F)(F)F)c1. The van der Waals surface area contributed by atoms with E-state index in [1.165, 1.54) is 82.1 Å². The molecule has 0 spiro atoms. The number of thiazole rings is 2. The van der Waals surface area contributed by atoms with Gasteiger partial charge in [-0.05, 0) is 153 Å². The number of methoxy groups -OCH3 is 1. The molecule has 17 rings (SSSR count). The van der Waals surface area contributed by atoms with Gasteiger partial charge in [0.15, 0.2) is 33.3 Å². The van der Waals surface area contributed by atoms with Gasteiger partial charge in [0.05, 0.1) is 82.6 Å². The van der Waals surface area contributed by atoms with Crippen molar-refractivity contribution in [1.82, 2.24) is 59.9 Å². The number of anilines is 6. The van der Waals surface area contributed by atoms with Crippen LogP contribution in [0.15, 0.2) is 179 Å². The predicted octanol–water partition coefficient (Wildman–Crippen LogP) is 20.0. The van der Waals surface area contributed by atoms with Crippen LogP contribution in [0.4, 0.5) is 56.9 Å². The van der Waals surface area contributed by atoms with Crippen LogP contribution in [-0.2, 0) is 27.0 Å². The summed E-state index contributed by atoms with van der Waals surface area (Å²) < 4.78 is 52.5. The van der Waals surface area contributed by atoms with Crippen LogP contribution < -0.4 is 47.1 Å². The van der Waals surface area contributed by atoms with Crippen molar-refractivity contribution in [2.75, 3.05) is 73.0 Å². The Morgan fingerprint density at radius 2 is 1.57 bits per heavy atom. The molecule has 3 aliphatic rings. The van der Waals surface area contributed by atoms with Gasteiger partial charge in [-0.3, -0.25) is 43.7 Å². The summed E-state index contributed by atoms with van der Waals surface area (Å²) in [6.45, 7) is 24.9. The first kappa shape index (κ1) is 94.7. The summed E-state index contributed by atoms with van der Waals surface area (Å²) in [5, 5.41) is 44.6. The number of aryl methyl sites for hydroxylation is 4. The minimum Gasteiger partial charge on any atom is -0.493 e. The lowest BCUT2D eigenvalue weighted by atomic mass is 9.99. The number of nitrogens with zero attached hydrogens (tertiary/aromatic N) is 12. The van der Waals surface area contributed by atoms with Crippen LogP contribution in [0.25, 0.3) is 49.1 Å². The van der Waals surface area contributed by atoms with Crippen LogP contribution in [0.2, 0.25) is 15.1 Å². The summed E-state index contributed by atoms with van der Waals surface area (Å²) in [4.78, 5) is 102. The first-order valence-electron chi connectivity index (χ1n) is 40.4. The molecule has 130 heavy (non-hydrogen) atoms. The lowest BCUT2D eigenvalue weighted by Gasteiger charge is -2.35. The number of thiophene rings is 1. The largest absolute Gasteiger partial charge is 0.493 e. The summed E-state index contributed by atoms with van der Waals surface area (Å²) in [6, 6.07) is 42.5. The van der Waals surface area contributed by atoms with Crippen molar-refractivity contribution >= 4 is 182 Å². The van der Waals surface area contributed by atoms with Crippen LogP contribution in [0, 0.1) is 47.1 Å². The Morgan fingerprint density at radius 3 is 2.26 bits per heavy atom. The molecule has 3 aliphatic heterocycles. The molecule has 0 aliphatic carbocycles. The number of H-pyrrole nitrogens is 2. The number of aliphatic carboxylic acids is 1. The fraction of sp³-hybridized carbons (Fsp3) is 0.231. The number of thioether (sulfide) groups is 1. The van der Waals surface area contributed by atoms with E-state index in [2.05, 4.69) is 107 Å². The summed E-state index contributed by atoms with van der Waals surface area (Å²) in [5.41, 5.74) is 22.6. The number of aromatic nitrogens is 10. The number of para-hydroxylation sites is 2. The molecule has 3 atom stereocenters. The number of ether oxygens (including phenoxy) is 2. The number of amides is 4. The Labute approximate surface area is 775 Å².